The highest BCUT2D eigenvalue weighted by molar-refractivity contribution is 5.96. The molecule has 0 radical (unpaired) electrons. The van der Waals surface area contributed by atoms with E-state index in [4.69, 9.17) is 4.74 Å². The first-order valence-electron chi connectivity index (χ1n) is 12.1. The number of hydrogen-bond donors (Lipinski definition) is 1. The second-order valence-corrected chi connectivity index (χ2v) is 9.56. The molecule has 198 valence electrons. The molecule has 36 heavy (non-hydrogen) atoms. The molecule has 2 aromatic rings. The first kappa shape index (κ1) is 29.9. The second-order valence-electron chi connectivity index (χ2n) is 9.56. The van der Waals surface area contributed by atoms with Gasteiger partial charge < -0.3 is 24.8 Å². The number of carbonyl (C=O) groups excluding carboxylic acids is 2. The number of aryl methyl sites for hydroxylation is 1. The number of carbonyl (C=O) groups is 2. The summed E-state index contributed by atoms with van der Waals surface area (Å²) in [5.74, 6) is 1.13. The first-order chi connectivity index (χ1) is 16.4. The van der Waals surface area contributed by atoms with Gasteiger partial charge in [0.1, 0.15) is 5.75 Å². The molecule has 1 unspecified atom stereocenters. The third kappa shape index (κ3) is 6.51. The van der Waals surface area contributed by atoms with Gasteiger partial charge in [0.25, 0.3) is 0 Å². The van der Waals surface area contributed by atoms with Crippen LogP contribution in [0, 0.1) is 0 Å². The number of amides is 2. The number of likely N-dealkylation sites (N-methyl/N-ethyl adjacent to an activating group) is 1. The topological polar surface area (TPSA) is 65.1 Å². The van der Waals surface area contributed by atoms with Crippen LogP contribution in [0.4, 0.5) is 5.69 Å². The quantitative estimate of drug-likeness (QED) is 0.582. The number of anilines is 1. The molecule has 7 nitrogen and oxygen atoms in total. The normalized spacial score (nSPS) is 19.3. The number of ether oxygens (including phenoxy) is 1. The fraction of sp³-hybridized carbons (Fsp3) is 0.481. The second kappa shape index (κ2) is 13.3. The van der Waals surface area contributed by atoms with Crippen LogP contribution >= 0.6 is 24.8 Å². The van der Waals surface area contributed by atoms with Crippen LogP contribution < -0.4 is 15.0 Å². The van der Waals surface area contributed by atoms with Crippen LogP contribution in [0.25, 0.3) is 0 Å². The van der Waals surface area contributed by atoms with Crippen LogP contribution in [0.3, 0.4) is 0 Å². The Morgan fingerprint density at radius 2 is 1.86 bits per heavy atom. The Kier molecular flexibility index (Phi) is 11.0. The summed E-state index contributed by atoms with van der Waals surface area (Å²) < 4.78 is 5.71. The molecule has 2 aliphatic rings. The van der Waals surface area contributed by atoms with Crippen molar-refractivity contribution >= 4 is 42.3 Å². The van der Waals surface area contributed by atoms with E-state index in [1.165, 1.54) is 0 Å². The van der Waals surface area contributed by atoms with E-state index in [-0.39, 0.29) is 48.7 Å². The highest BCUT2D eigenvalue weighted by atomic mass is 35.5. The standard InChI is InChI=1S/C27H36N4O3.2ClH/c1-29(2)18-26(33)31-14-8-11-22(27(31)19-9-6-5-7-10-19)28-17-21-15-23-20(16-24(21)34-4)12-13-25(32)30(23)3;;/h5-7,9-10,15-16,22,27-28H,8,11-14,17-18H2,1-4H3;2*1H/t22?,27-;;/m0../s1. The predicted octanol–water partition coefficient (Wildman–Crippen LogP) is 3.83. The van der Waals surface area contributed by atoms with E-state index in [1.54, 1.807) is 12.0 Å². The Morgan fingerprint density at radius 3 is 2.53 bits per heavy atom. The van der Waals surface area contributed by atoms with E-state index in [1.807, 2.05) is 49.1 Å². The van der Waals surface area contributed by atoms with Crippen LogP contribution in [0.2, 0.25) is 0 Å². The minimum absolute atomic E-state index is 0. The SMILES string of the molecule is COc1cc2c(cc1CNC1CCCN(C(=O)CN(C)C)[C@H]1c1ccccc1)N(C)C(=O)CC2.Cl.Cl. The number of hydrogen-bond acceptors (Lipinski definition) is 5. The van der Waals surface area contributed by atoms with E-state index in [0.29, 0.717) is 19.5 Å². The number of nitrogens with one attached hydrogen (secondary N) is 1. The van der Waals surface area contributed by atoms with Gasteiger partial charge in [0.15, 0.2) is 0 Å². The number of methoxy groups -OCH3 is 1. The van der Waals surface area contributed by atoms with Crippen LogP contribution in [-0.4, -0.2) is 69.0 Å². The summed E-state index contributed by atoms with van der Waals surface area (Å²) >= 11 is 0. The maximum Gasteiger partial charge on any atom is 0.237 e. The Morgan fingerprint density at radius 1 is 1.14 bits per heavy atom. The van der Waals surface area contributed by atoms with E-state index in [0.717, 1.165) is 53.9 Å². The molecule has 0 saturated carbocycles. The van der Waals surface area contributed by atoms with E-state index >= 15 is 0 Å². The molecule has 0 spiro atoms. The lowest BCUT2D eigenvalue weighted by Crippen LogP contribution is -2.52. The summed E-state index contributed by atoms with van der Waals surface area (Å²) in [5.41, 5.74) is 4.27. The molecular formula is C27H38Cl2N4O3. The lowest BCUT2D eigenvalue weighted by molar-refractivity contribution is -0.136. The van der Waals surface area contributed by atoms with Crippen LogP contribution in [0.5, 0.6) is 5.75 Å². The van der Waals surface area contributed by atoms with Gasteiger partial charge in [-0.3, -0.25) is 9.59 Å². The lowest BCUT2D eigenvalue weighted by atomic mass is 9.89. The molecule has 2 atom stereocenters. The van der Waals surface area contributed by atoms with E-state index in [9.17, 15) is 9.59 Å². The number of nitrogens with zero attached hydrogens (tertiary/aromatic N) is 3. The zero-order valence-corrected chi connectivity index (χ0v) is 23.2. The molecule has 1 saturated heterocycles. The van der Waals surface area contributed by atoms with Gasteiger partial charge in [0, 0.05) is 43.9 Å². The van der Waals surface area contributed by atoms with Crippen molar-refractivity contribution in [3.8, 4) is 5.75 Å². The van der Waals surface area contributed by atoms with Crippen molar-refractivity contribution in [2.75, 3.05) is 46.2 Å². The van der Waals surface area contributed by atoms with Gasteiger partial charge in [-0.05, 0) is 56.6 Å². The van der Waals surface area contributed by atoms with Gasteiger partial charge in [-0.2, -0.15) is 0 Å². The fourth-order valence-corrected chi connectivity index (χ4v) is 5.19. The summed E-state index contributed by atoms with van der Waals surface area (Å²) in [7, 11) is 7.39. The van der Waals surface area contributed by atoms with Crippen molar-refractivity contribution in [3.05, 3.63) is 59.2 Å². The number of rotatable bonds is 7. The fourth-order valence-electron chi connectivity index (χ4n) is 5.19. The molecule has 0 aromatic heterocycles. The minimum Gasteiger partial charge on any atom is -0.496 e. The smallest absolute Gasteiger partial charge is 0.237 e. The Bertz CT molecular complexity index is 1040. The molecule has 1 fully saturated rings. The number of halogens is 2. The van der Waals surface area contributed by atoms with Gasteiger partial charge in [-0.1, -0.05) is 30.3 Å². The van der Waals surface area contributed by atoms with Crippen LogP contribution in [-0.2, 0) is 22.6 Å². The van der Waals surface area contributed by atoms with E-state index < -0.39 is 0 Å². The highest BCUT2D eigenvalue weighted by Crippen LogP contribution is 2.35. The number of likely N-dealkylation sites (tertiary alicyclic amines) is 1. The van der Waals surface area contributed by atoms with Crippen LogP contribution in [0.15, 0.2) is 42.5 Å². The van der Waals surface area contributed by atoms with Crippen molar-refractivity contribution in [1.29, 1.82) is 0 Å². The van der Waals surface area contributed by atoms with Crippen LogP contribution in [0.1, 0.15) is 42.0 Å². The van der Waals surface area contributed by atoms with Gasteiger partial charge >= 0.3 is 0 Å². The Hall–Kier alpha value is -2.32. The Labute approximate surface area is 227 Å². The number of fused-ring (bicyclic) bond motifs is 1. The molecule has 9 heteroatoms. The largest absolute Gasteiger partial charge is 0.496 e. The molecular weight excluding hydrogens is 499 g/mol. The zero-order chi connectivity index (χ0) is 24.2. The summed E-state index contributed by atoms with van der Waals surface area (Å²) in [6.07, 6.45) is 3.21. The first-order valence-corrected chi connectivity index (χ1v) is 12.1. The highest BCUT2D eigenvalue weighted by Gasteiger charge is 2.35. The minimum atomic E-state index is -0.0322. The van der Waals surface area contributed by atoms with Gasteiger partial charge in [-0.25, -0.2) is 0 Å². The molecule has 4 rings (SSSR count). The predicted molar refractivity (Wildman–Crippen MR) is 149 cm³/mol. The van der Waals surface area contributed by atoms with Gasteiger partial charge in [0.2, 0.25) is 11.8 Å². The average molecular weight is 538 g/mol. The molecule has 0 bridgehead atoms. The van der Waals surface area contributed by atoms with Crippen molar-refractivity contribution in [2.24, 2.45) is 0 Å². The van der Waals surface area contributed by atoms with Crippen molar-refractivity contribution in [2.45, 2.75) is 44.3 Å². The number of piperidine rings is 1. The average Bonchev–Trinajstić information content (AvgIpc) is 2.84. The zero-order valence-electron chi connectivity index (χ0n) is 21.5. The third-order valence-electron chi connectivity index (χ3n) is 6.92. The molecule has 2 aliphatic heterocycles. The van der Waals surface area contributed by atoms with E-state index in [2.05, 4.69) is 29.6 Å². The molecule has 2 heterocycles. The summed E-state index contributed by atoms with van der Waals surface area (Å²) in [4.78, 5) is 31.1. The monoisotopic (exact) mass is 536 g/mol. The molecule has 1 N–H and O–H groups in total. The molecule has 2 amide bonds. The summed E-state index contributed by atoms with van der Waals surface area (Å²) in [6.45, 7) is 1.76. The molecule has 0 aliphatic carbocycles. The van der Waals surface area contributed by atoms with Gasteiger partial charge in [0.05, 0.1) is 19.7 Å². The van der Waals surface area contributed by atoms with Crippen molar-refractivity contribution in [1.82, 2.24) is 15.1 Å². The van der Waals surface area contributed by atoms with Gasteiger partial charge in [-0.15, -0.1) is 24.8 Å². The van der Waals surface area contributed by atoms with Crippen molar-refractivity contribution < 1.29 is 14.3 Å². The number of benzene rings is 2. The Balaban J connectivity index is 0.00000228. The molecule has 2 aromatic carbocycles. The summed E-state index contributed by atoms with van der Waals surface area (Å²) in [6, 6.07) is 14.5. The maximum atomic E-state index is 13.1. The lowest BCUT2D eigenvalue weighted by Gasteiger charge is -2.42. The third-order valence-corrected chi connectivity index (χ3v) is 6.92. The van der Waals surface area contributed by atoms with Crippen molar-refractivity contribution in [3.63, 3.8) is 0 Å². The maximum absolute atomic E-state index is 13.1. The summed E-state index contributed by atoms with van der Waals surface area (Å²) in [5, 5.41) is 3.74.